The maximum absolute atomic E-state index is 10.2. The first-order valence-corrected chi connectivity index (χ1v) is 8.55. The molecule has 118 valence electrons. The van der Waals surface area contributed by atoms with Gasteiger partial charge in [-0.1, -0.05) is 13.0 Å². The molecule has 1 aliphatic heterocycles. The summed E-state index contributed by atoms with van der Waals surface area (Å²) in [7, 11) is 0. The molecular formula is C17H21NO3S. The monoisotopic (exact) mass is 319 g/mol. The maximum atomic E-state index is 10.2. The molecule has 0 fully saturated rings. The summed E-state index contributed by atoms with van der Waals surface area (Å²) < 4.78 is 11.2. The molecule has 4 nitrogen and oxygen atoms in total. The van der Waals surface area contributed by atoms with E-state index in [1.54, 1.807) is 11.3 Å². The van der Waals surface area contributed by atoms with Gasteiger partial charge in [-0.2, -0.15) is 11.3 Å². The van der Waals surface area contributed by atoms with Crippen LogP contribution in [-0.2, 0) is 0 Å². The van der Waals surface area contributed by atoms with Gasteiger partial charge in [0.15, 0.2) is 11.5 Å². The van der Waals surface area contributed by atoms with Gasteiger partial charge in [0.05, 0.1) is 6.10 Å². The fourth-order valence-electron chi connectivity index (χ4n) is 2.61. The summed E-state index contributed by atoms with van der Waals surface area (Å²) in [6.45, 7) is 3.86. The summed E-state index contributed by atoms with van der Waals surface area (Å²) in [6.07, 6.45) is 0.466. The number of aliphatic hydroxyl groups is 1. The fourth-order valence-corrected chi connectivity index (χ4v) is 3.32. The molecule has 0 radical (unpaired) electrons. The van der Waals surface area contributed by atoms with Gasteiger partial charge < -0.3 is 19.9 Å². The molecule has 2 N–H and O–H groups in total. The Bertz CT molecular complexity index is 600. The van der Waals surface area contributed by atoms with Crippen LogP contribution < -0.4 is 14.8 Å². The summed E-state index contributed by atoms with van der Waals surface area (Å²) in [5, 5.41) is 17.6. The molecule has 2 atom stereocenters. The minimum atomic E-state index is -0.475. The minimum Gasteiger partial charge on any atom is -0.486 e. The van der Waals surface area contributed by atoms with Gasteiger partial charge in [-0.25, -0.2) is 0 Å². The normalized spacial score (nSPS) is 16.3. The molecule has 1 aromatic heterocycles. The van der Waals surface area contributed by atoms with E-state index in [4.69, 9.17) is 9.47 Å². The smallest absolute Gasteiger partial charge is 0.161 e. The second-order valence-corrected chi connectivity index (χ2v) is 6.12. The number of hydrogen-bond donors (Lipinski definition) is 2. The van der Waals surface area contributed by atoms with Crippen LogP contribution in [0.1, 0.15) is 36.6 Å². The van der Waals surface area contributed by atoms with E-state index in [9.17, 15) is 5.11 Å². The van der Waals surface area contributed by atoms with E-state index in [1.807, 2.05) is 29.0 Å². The summed E-state index contributed by atoms with van der Waals surface area (Å²) in [5.41, 5.74) is 2.12. The molecule has 0 saturated carbocycles. The van der Waals surface area contributed by atoms with E-state index in [1.165, 1.54) is 0 Å². The predicted molar refractivity (Wildman–Crippen MR) is 87.7 cm³/mol. The lowest BCUT2D eigenvalue weighted by molar-refractivity contribution is 0.168. The number of hydrogen-bond acceptors (Lipinski definition) is 5. The average Bonchev–Trinajstić information content (AvgIpc) is 3.09. The molecule has 2 unspecified atom stereocenters. The van der Waals surface area contributed by atoms with E-state index >= 15 is 0 Å². The molecular weight excluding hydrogens is 298 g/mol. The zero-order valence-electron chi connectivity index (χ0n) is 12.6. The third kappa shape index (κ3) is 3.43. The van der Waals surface area contributed by atoms with Crippen LogP contribution in [0, 0.1) is 0 Å². The Morgan fingerprint density at radius 2 is 2.00 bits per heavy atom. The van der Waals surface area contributed by atoms with E-state index in [0.29, 0.717) is 19.8 Å². The van der Waals surface area contributed by atoms with Crippen molar-refractivity contribution in [1.82, 2.24) is 5.32 Å². The van der Waals surface area contributed by atoms with Gasteiger partial charge in [0.1, 0.15) is 13.2 Å². The van der Waals surface area contributed by atoms with Crippen molar-refractivity contribution in [2.45, 2.75) is 25.5 Å². The van der Waals surface area contributed by atoms with E-state index in [2.05, 4.69) is 18.3 Å². The molecule has 22 heavy (non-hydrogen) atoms. The van der Waals surface area contributed by atoms with Gasteiger partial charge in [-0.05, 0) is 46.5 Å². The molecule has 3 rings (SSSR count). The van der Waals surface area contributed by atoms with Gasteiger partial charge in [0, 0.05) is 12.6 Å². The SMILES string of the molecule is CCC(NCC(O)c1ccsc1)c1ccc2c(c1)OCCO2. The van der Waals surface area contributed by atoms with Crippen LogP contribution in [0.25, 0.3) is 0 Å². The van der Waals surface area contributed by atoms with Crippen molar-refractivity contribution in [3.63, 3.8) is 0 Å². The summed E-state index contributed by atoms with van der Waals surface area (Å²) >= 11 is 1.60. The lowest BCUT2D eigenvalue weighted by Crippen LogP contribution is -2.26. The third-order valence-corrected chi connectivity index (χ3v) is 4.56. The number of benzene rings is 1. The number of rotatable bonds is 6. The fraction of sp³-hybridized carbons (Fsp3) is 0.412. The van der Waals surface area contributed by atoms with Crippen molar-refractivity contribution in [2.75, 3.05) is 19.8 Å². The second-order valence-electron chi connectivity index (χ2n) is 5.34. The van der Waals surface area contributed by atoms with Crippen LogP contribution in [0.4, 0.5) is 0 Å². The highest BCUT2D eigenvalue weighted by Crippen LogP contribution is 2.33. The molecule has 0 spiro atoms. The summed E-state index contributed by atoms with van der Waals surface area (Å²) in [5.74, 6) is 1.62. The van der Waals surface area contributed by atoms with Crippen LogP contribution in [0.2, 0.25) is 0 Å². The Labute approximate surface area is 134 Å². The highest BCUT2D eigenvalue weighted by atomic mass is 32.1. The van der Waals surface area contributed by atoms with Crippen molar-refractivity contribution in [3.05, 3.63) is 46.2 Å². The Morgan fingerprint density at radius 3 is 2.73 bits per heavy atom. The maximum Gasteiger partial charge on any atom is 0.161 e. The highest BCUT2D eigenvalue weighted by molar-refractivity contribution is 7.07. The minimum absolute atomic E-state index is 0.184. The first-order valence-electron chi connectivity index (χ1n) is 7.61. The summed E-state index contributed by atoms with van der Waals surface area (Å²) in [6, 6.07) is 8.20. The Hall–Kier alpha value is -1.56. The van der Waals surface area contributed by atoms with Crippen LogP contribution in [0.15, 0.2) is 35.0 Å². The molecule has 0 saturated heterocycles. The van der Waals surface area contributed by atoms with Crippen LogP contribution >= 0.6 is 11.3 Å². The molecule has 5 heteroatoms. The number of fused-ring (bicyclic) bond motifs is 1. The molecule has 0 aliphatic carbocycles. The lowest BCUT2D eigenvalue weighted by atomic mass is 10.0. The quantitative estimate of drug-likeness (QED) is 0.858. The molecule has 2 aromatic rings. The van der Waals surface area contributed by atoms with Gasteiger partial charge in [0.2, 0.25) is 0 Å². The number of thiophene rings is 1. The standard InChI is InChI=1S/C17H21NO3S/c1-2-14(18-10-15(19)13-5-8-22-11-13)12-3-4-16-17(9-12)21-7-6-20-16/h3-5,8-9,11,14-15,18-19H,2,6-7,10H2,1H3. The molecule has 1 aliphatic rings. The topological polar surface area (TPSA) is 50.7 Å². The predicted octanol–water partition coefficient (Wildman–Crippen LogP) is 3.29. The van der Waals surface area contributed by atoms with Gasteiger partial charge >= 0.3 is 0 Å². The van der Waals surface area contributed by atoms with Crippen molar-refractivity contribution in [1.29, 1.82) is 0 Å². The van der Waals surface area contributed by atoms with Gasteiger partial charge in [-0.15, -0.1) is 0 Å². The third-order valence-electron chi connectivity index (χ3n) is 3.86. The van der Waals surface area contributed by atoms with Gasteiger partial charge in [0.25, 0.3) is 0 Å². The Balaban J connectivity index is 1.66. The zero-order chi connectivity index (χ0) is 15.4. The van der Waals surface area contributed by atoms with Crippen LogP contribution in [-0.4, -0.2) is 24.9 Å². The first kappa shape index (κ1) is 15.3. The van der Waals surface area contributed by atoms with E-state index in [0.717, 1.165) is 29.0 Å². The summed E-state index contributed by atoms with van der Waals surface area (Å²) in [4.78, 5) is 0. The zero-order valence-corrected chi connectivity index (χ0v) is 13.4. The lowest BCUT2D eigenvalue weighted by Gasteiger charge is -2.23. The number of nitrogens with one attached hydrogen (secondary N) is 1. The average molecular weight is 319 g/mol. The Morgan fingerprint density at radius 1 is 1.18 bits per heavy atom. The van der Waals surface area contributed by atoms with E-state index in [-0.39, 0.29) is 6.04 Å². The van der Waals surface area contributed by atoms with Crippen molar-refractivity contribution in [3.8, 4) is 11.5 Å². The first-order chi connectivity index (χ1) is 10.8. The van der Waals surface area contributed by atoms with Gasteiger partial charge in [-0.3, -0.25) is 0 Å². The number of aliphatic hydroxyl groups excluding tert-OH is 1. The highest BCUT2D eigenvalue weighted by Gasteiger charge is 2.17. The second kappa shape index (κ2) is 7.13. The van der Waals surface area contributed by atoms with Crippen LogP contribution in [0.5, 0.6) is 11.5 Å². The molecule has 0 bridgehead atoms. The molecule has 2 heterocycles. The molecule has 0 amide bonds. The van der Waals surface area contributed by atoms with Crippen molar-refractivity contribution < 1.29 is 14.6 Å². The van der Waals surface area contributed by atoms with E-state index < -0.39 is 6.10 Å². The Kier molecular flexibility index (Phi) is 4.97. The number of ether oxygens (including phenoxy) is 2. The molecule has 1 aromatic carbocycles. The van der Waals surface area contributed by atoms with Crippen molar-refractivity contribution >= 4 is 11.3 Å². The van der Waals surface area contributed by atoms with Crippen LogP contribution in [0.3, 0.4) is 0 Å². The largest absolute Gasteiger partial charge is 0.486 e. The van der Waals surface area contributed by atoms with Crippen molar-refractivity contribution in [2.24, 2.45) is 0 Å².